The van der Waals surface area contributed by atoms with Crippen LogP contribution in [0.25, 0.3) is 0 Å². The van der Waals surface area contributed by atoms with Gasteiger partial charge in [-0.1, -0.05) is 89.3 Å². The monoisotopic (exact) mass is 755 g/mol. The van der Waals surface area contributed by atoms with Crippen molar-refractivity contribution in [1.29, 1.82) is 0 Å². The average molecular weight is 756 g/mol. The molecule has 2 saturated carbocycles. The predicted molar refractivity (Wildman–Crippen MR) is 206 cm³/mol. The van der Waals surface area contributed by atoms with E-state index < -0.39 is 73.2 Å². The highest BCUT2D eigenvalue weighted by Crippen LogP contribution is 2.36. The molecule has 12 nitrogen and oxygen atoms in total. The van der Waals surface area contributed by atoms with Crippen LogP contribution in [-0.2, 0) is 35.4 Å². The Balaban J connectivity index is 1.61. The third kappa shape index (κ3) is 11.1. The fraction of sp³-hybridized carbons (Fsp3) is 0.675. The normalized spacial score (nSPS) is 21.5. The van der Waals surface area contributed by atoms with Crippen molar-refractivity contribution in [3.05, 3.63) is 48.6 Å². The summed E-state index contributed by atoms with van der Waals surface area (Å²) in [5, 5.41) is 11.3. The molecule has 3 fully saturated rings. The number of nitrogens with one attached hydrogen (secondary N) is 4. The van der Waals surface area contributed by atoms with Crippen molar-refractivity contribution in [2.45, 2.75) is 134 Å². The zero-order valence-electron chi connectivity index (χ0n) is 32.5. The quantitative estimate of drug-likeness (QED) is 0.153. The van der Waals surface area contributed by atoms with Crippen molar-refractivity contribution in [2.75, 3.05) is 18.8 Å². The number of carbonyl (C=O) groups is 5. The fourth-order valence-corrected chi connectivity index (χ4v) is 9.03. The third-order valence-corrected chi connectivity index (χ3v) is 13.7. The molecule has 2 unspecified atom stereocenters. The van der Waals surface area contributed by atoms with Crippen LogP contribution < -0.4 is 21.3 Å². The van der Waals surface area contributed by atoms with Crippen molar-refractivity contribution in [3.8, 4) is 0 Å². The van der Waals surface area contributed by atoms with Crippen LogP contribution in [0.15, 0.2) is 43.0 Å². The molecule has 1 aromatic rings. The molecule has 294 valence electrons. The van der Waals surface area contributed by atoms with E-state index >= 15 is 0 Å². The molecule has 4 atom stereocenters. The molecule has 1 heterocycles. The molecule has 0 aromatic heterocycles. The van der Waals surface area contributed by atoms with Gasteiger partial charge in [-0.3, -0.25) is 19.2 Å². The summed E-state index contributed by atoms with van der Waals surface area (Å²) in [5.41, 5.74) is -0.776. The number of nitrogens with zero attached hydrogens (tertiary/aromatic N) is 1. The molecule has 0 radical (unpaired) electrons. The van der Waals surface area contributed by atoms with Crippen LogP contribution in [0.1, 0.15) is 105 Å². The van der Waals surface area contributed by atoms with E-state index in [0.29, 0.717) is 32.1 Å². The summed E-state index contributed by atoms with van der Waals surface area (Å²) in [4.78, 5) is 70.4. The van der Waals surface area contributed by atoms with E-state index in [0.717, 1.165) is 37.7 Å². The molecule has 53 heavy (non-hydrogen) atoms. The Bertz CT molecular complexity index is 1610. The lowest BCUT2D eigenvalue weighted by atomic mass is 9.83. The van der Waals surface area contributed by atoms with Crippen molar-refractivity contribution >= 4 is 39.4 Å². The van der Waals surface area contributed by atoms with E-state index in [9.17, 15) is 32.4 Å². The maximum Gasteiger partial charge on any atom is 0.315 e. The van der Waals surface area contributed by atoms with Crippen LogP contribution in [0.2, 0.25) is 0 Å². The molecule has 1 aromatic carbocycles. The standard InChI is InChI=1S/C40H61N5O7S/c1-8-22-41-35(48)32(46)30(25-28-17-18-28)42-34(47)31-29(24-27-15-11-9-12-16-27)19-23-45(31)36(49)33(38(2,3)4)43-37(50)44-40(20-13-10-14-21-40)26-53(51,52)39(5,6)7/h8-9,11-12,15-16,28-31,33H,1,10,13-14,17-26H2,2-7H3,(H,41,48)(H,42,47)(H2,43,44,50)/t29?,30?,31-,33+/m0/s1. The van der Waals surface area contributed by atoms with Crippen LogP contribution in [0, 0.1) is 17.3 Å². The van der Waals surface area contributed by atoms with Gasteiger partial charge in [0, 0.05) is 13.1 Å². The van der Waals surface area contributed by atoms with Gasteiger partial charge in [0.05, 0.1) is 22.1 Å². The molecule has 0 bridgehead atoms. The van der Waals surface area contributed by atoms with Crippen molar-refractivity contribution in [1.82, 2.24) is 26.2 Å². The van der Waals surface area contributed by atoms with E-state index in [1.165, 1.54) is 11.0 Å². The van der Waals surface area contributed by atoms with Crippen LogP contribution >= 0.6 is 0 Å². The number of carbonyl (C=O) groups excluding carboxylic acids is 5. The molecular weight excluding hydrogens is 695 g/mol. The first-order valence-corrected chi connectivity index (χ1v) is 20.8. The van der Waals surface area contributed by atoms with Crippen molar-refractivity contribution in [3.63, 3.8) is 0 Å². The number of Topliss-reactive ketones (excluding diaryl/α,β-unsaturated/α-hetero) is 1. The SMILES string of the molecule is C=CCNC(=O)C(=O)C(CC1CC1)NC(=O)[C@@H]1C(Cc2ccccc2)CCN1C(=O)[C@@H](NC(=O)NC1(CS(=O)(=O)C(C)(C)C)CCCCC1)C(C)(C)C. The molecule has 0 spiro atoms. The maximum absolute atomic E-state index is 14.7. The Morgan fingerprint density at radius 1 is 0.943 bits per heavy atom. The fourth-order valence-electron chi connectivity index (χ4n) is 7.51. The molecule has 2 aliphatic carbocycles. The lowest BCUT2D eigenvalue weighted by molar-refractivity contribution is -0.144. The Kier molecular flexibility index (Phi) is 13.6. The summed E-state index contributed by atoms with van der Waals surface area (Å²) in [6.07, 6.45) is 8.12. The summed E-state index contributed by atoms with van der Waals surface area (Å²) < 4.78 is 25.8. The predicted octanol–water partition coefficient (Wildman–Crippen LogP) is 4.23. The lowest BCUT2D eigenvalue weighted by Crippen LogP contribution is -2.64. The first kappa shape index (κ1) is 42.0. The second-order valence-corrected chi connectivity index (χ2v) is 20.2. The van der Waals surface area contributed by atoms with Crippen molar-refractivity contribution in [2.24, 2.45) is 17.3 Å². The molecule has 1 aliphatic heterocycles. The smallest absolute Gasteiger partial charge is 0.315 e. The van der Waals surface area contributed by atoms with Gasteiger partial charge in [0.15, 0.2) is 9.84 Å². The number of ketones is 1. The van der Waals surface area contributed by atoms with Gasteiger partial charge in [-0.2, -0.15) is 0 Å². The molecule has 5 amide bonds. The molecule has 3 aliphatic rings. The highest BCUT2D eigenvalue weighted by atomic mass is 32.2. The minimum absolute atomic E-state index is 0.112. The maximum atomic E-state index is 14.7. The first-order chi connectivity index (χ1) is 24.8. The minimum atomic E-state index is -3.58. The van der Waals surface area contributed by atoms with E-state index in [1.807, 2.05) is 51.1 Å². The topological polar surface area (TPSA) is 171 Å². The number of rotatable bonds is 15. The summed E-state index contributed by atoms with van der Waals surface area (Å²) in [6.45, 7) is 14.4. The van der Waals surface area contributed by atoms with Crippen molar-refractivity contribution < 1.29 is 32.4 Å². The van der Waals surface area contributed by atoms with Crippen LogP contribution in [0.5, 0.6) is 0 Å². The van der Waals surface area contributed by atoms with Gasteiger partial charge in [-0.15, -0.1) is 6.58 Å². The van der Waals surface area contributed by atoms with Gasteiger partial charge in [0.25, 0.3) is 5.91 Å². The molecule has 1 saturated heterocycles. The van der Waals surface area contributed by atoms with Gasteiger partial charge in [0.2, 0.25) is 17.6 Å². The summed E-state index contributed by atoms with van der Waals surface area (Å²) in [7, 11) is -3.58. The Hall–Kier alpha value is -3.74. The molecule has 13 heteroatoms. The van der Waals surface area contributed by atoms with Crippen LogP contribution in [0.3, 0.4) is 0 Å². The summed E-state index contributed by atoms with van der Waals surface area (Å²) in [6, 6.07) is 5.95. The Morgan fingerprint density at radius 2 is 1.58 bits per heavy atom. The summed E-state index contributed by atoms with van der Waals surface area (Å²) >= 11 is 0. The number of benzene rings is 1. The number of hydrogen-bond acceptors (Lipinski definition) is 7. The Labute approximate surface area is 316 Å². The van der Waals surface area contributed by atoms with Gasteiger partial charge in [0.1, 0.15) is 12.1 Å². The number of urea groups is 1. The largest absolute Gasteiger partial charge is 0.346 e. The van der Waals surface area contributed by atoms with Gasteiger partial charge >= 0.3 is 6.03 Å². The van der Waals surface area contributed by atoms with E-state index in [1.54, 1.807) is 20.8 Å². The van der Waals surface area contributed by atoms with E-state index in [2.05, 4.69) is 27.8 Å². The first-order valence-electron chi connectivity index (χ1n) is 19.2. The molecular formula is C40H61N5O7S. The summed E-state index contributed by atoms with van der Waals surface area (Å²) in [5.74, 6) is -2.78. The van der Waals surface area contributed by atoms with E-state index in [4.69, 9.17) is 0 Å². The van der Waals surface area contributed by atoms with Crippen LogP contribution in [0.4, 0.5) is 4.79 Å². The molecule has 4 N–H and O–H groups in total. The van der Waals surface area contributed by atoms with Crippen LogP contribution in [-0.4, -0.2) is 90.1 Å². The second kappa shape index (κ2) is 17.2. The number of sulfone groups is 1. The Morgan fingerprint density at radius 3 is 2.15 bits per heavy atom. The number of likely N-dealkylation sites (tertiary alicyclic amines) is 1. The van der Waals surface area contributed by atoms with E-state index in [-0.39, 0.29) is 30.7 Å². The zero-order valence-corrected chi connectivity index (χ0v) is 33.3. The van der Waals surface area contributed by atoms with Gasteiger partial charge in [-0.05, 0) is 75.7 Å². The second-order valence-electron chi connectivity index (χ2n) is 17.4. The highest BCUT2D eigenvalue weighted by Gasteiger charge is 2.48. The highest BCUT2D eigenvalue weighted by molar-refractivity contribution is 7.92. The number of hydrogen-bond donors (Lipinski definition) is 4. The molecule has 4 rings (SSSR count). The van der Waals surface area contributed by atoms with Gasteiger partial charge < -0.3 is 26.2 Å². The third-order valence-electron chi connectivity index (χ3n) is 10.9. The lowest BCUT2D eigenvalue weighted by Gasteiger charge is -2.41. The zero-order chi connectivity index (χ0) is 39.2. The van der Waals surface area contributed by atoms with Gasteiger partial charge in [-0.25, -0.2) is 13.2 Å². The average Bonchev–Trinajstić information content (AvgIpc) is 3.80. The number of amides is 5. The minimum Gasteiger partial charge on any atom is -0.346 e.